The number of sulfonamides is 1. The van der Waals surface area contributed by atoms with E-state index < -0.39 is 22.0 Å². The zero-order chi connectivity index (χ0) is 14.9. The van der Waals surface area contributed by atoms with Crippen molar-refractivity contribution in [1.29, 1.82) is 0 Å². The van der Waals surface area contributed by atoms with Crippen LogP contribution >= 0.6 is 43.2 Å². The topological polar surface area (TPSA) is 63.7 Å². The molecule has 0 amide bonds. The van der Waals surface area contributed by atoms with E-state index >= 15 is 0 Å². The summed E-state index contributed by atoms with van der Waals surface area (Å²) in [5, 5.41) is 0. The van der Waals surface area contributed by atoms with E-state index in [0.717, 1.165) is 3.79 Å². The lowest BCUT2D eigenvalue weighted by Crippen LogP contribution is -2.41. The molecule has 0 spiro atoms. The highest BCUT2D eigenvalue weighted by atomic mass is 79.9. The maximum absolute atomic E-state index is 12.7. The van der Waals surface area contributed by atoms with Crippen molar-refractivity contribution in [3.05, 3.63) is 13.6 Å². The number of rotatable bonds is 4. The highest BCUT2D eigenvalue weighted by Crippen LogP contribution is 2.38. The summed E-state index contributed by atoms with van der Waals surface area (Å²) in [5.41, 5.74) is 0. The predicted molar refractivity (Wildman–Crippen MR) is 83.3 cm³/mol. The Bertz CT molecular complexity index is 614. The first-order valence-electron chi connectivity index (χ1n) is 6.01. The Balaban J connectivity index is 2.33. The molecule has 0 bridgehead atoms. The van der Waals surface area contributed by atoms with Gasteiger partial charge in [-0.3, -0.25) is 4.79 Å². The van der Waals surface area contributed by atoms with Gasteiger partial charge in [-0.1, -0.05) is 0 Å². The van der Waals surface area contributed by atoms with Gasteiger partial charge in [-0.25, -0.2) is 8.42 Å². The van der Waals surface area contributed by atoms with Crippen LogP contribution in [-0.2, 0) is 19.6 Å². The zero-order valence-electron chi connectivity index (χ0n) is 10.6. The van der Waals surface area contributed by atoms with Gasteiger partial charge < -0.3 is 4.74 Å². The van der Waals surface area contributed by atoms with Gasteiger partial charge in [0.25, 0.3) is 0 Å². The lowest BCUT2D eigenvalue weighted by Gasteiger charge is -2.22. The number of hydrogen-bond acceptors (Lipinski definition) is 5. The van der Waals surface area contributed by atoms with Gasteiger partial charge in [0.2, 0.25) is 10.0 Å². The Morgan fingerprint density at radius 3 is 2.80 bits per heavy atom. The van der Waals surface area contributed by atoms with Gasteiger partial charge in [-0.15, -0.1) is 11.3 Å². The van der Waals surface area contributed by atoms with Gasteiger partial charge in [0.15, 0.2) is 0 Å². The maximum Gasteiger partial charge on any atom is 0.324 e. The summed E-state index contributed by atoms with van der Waals surface area (Å²) in [5.74, 6) is -0.473. The molecule has 2 heterocycles. The molecule has 0 aromatic carbocycles. The monoisotopic (exact) mass is 445 g/mol. The number of halogens is 2. The third-order valence-corrected chi connectivity index (χ3v) is 7.64. The molecule has 0 saturated carbocycles. The Hall–Kier alpha value is 0.0400. The van der Waals surface area contributed by atoms with Crippen LogP contribution in [0.15, 0.2) is 18.5 Å². The SMILES string of the molecule is CCOC(=O)C1CCCN1S(=O)(=O)c1cc(Br)sc1Br. The van der Waals surface area contributed by atoms with Crippen molar-refractivity contribution >= 4 is 59.2 Å². The molecule has 1 aromatic rings. The molecular weight excluding hydrogens is 434 g/mol. The minimum atomic E-state index is -3.70. The van der Waals surface area contributed by atoms with Crippen LogP contribution < -0.4 is 0 Å². The van der Waals surface area contributed by atoms with E-state index in [1.165, 1.54) is 15.6 Å². The van der Waals surface area contributed by atoms with Crippen molar-refractivity contribution < 1.29 is 17.9 Å². The molecule has 1 atom stereocenters. The van der Waals surface area contributed by atoms with Crippen molar-refractivity contribution in [2.45, 2.75) is 30.7 Å². The van der Waals surface area contributed by atoms with Crippen molar-refractivity contribution in [2.75, 3.05) is 13.2 Å². The second-order valence-electron chi connectivity index (χ2n) is 4.21. The Kier molecular flexibility index (Phi) is 5.28. The zero-order valence-corrected chi connectivity index (χ0v) is 15.4. The Morgan fingerprint density at radius 1 is 1.55 bits per heavy atom. The molecule has 112 valence electrons. The molecule has 1 unspecified atom stereocenters. The molecular formula is C11H13Br2NO4S2. The van der Waals surface area contributed by atoms with Crippen LogP contribution in [0.25, 0.3) is 0 Å². The number of carbonyl (C=O) groups excluding carboxylic acids is 1. The Morgan fingerprint density at radius 2 is 2.25 bits per heavy atom. The maximum atomic E-state index is 12.7. The fraction of sp³-hybridized carbons (Fsp3) is 0.545. The standard InChI is InChI=1S/C11H13Br2NO4S2/c1-2-18-11(15)7-4-3-5-14(7)20(16,17)8-6-9(12)19-10(8)13/h6-7H,2-5H2,1H3. The summed E-state index contributed by atoms with van der Waals surface area (Å²) >= 11 is 7.81. The fourth-order valence-electron chi connectivity index (χ4n) is 2.13. The van der Waals surface area contributed by atoms with Crippen molar-refractivity contribution in [3.63, 3.8) is 0 Å². The molecule has 1 saturated heterocycles. The largest absolute Gasteiger partial charge is 0.465 e. The van der Waals surface area contributed by atoms with Crippen LogP contribution in [0.1, 0.15) is 19.8 Å². The van der Waals surface area contributed by atoms with E-state index in [4.69, 9.17) is 4.74 Å². The van der Waals surface area contributed by atoms with Crippen LogP contribution in [0.4, 0.5) is 0 Å². The number of nitrogens with zero attached hydrogens (tertiary/aromatic N) is 1. The smallest absolute Gasteiger partial charge is 0.324 e. The highest BCUT2D eigenvalue weighted by molar-refractivity contribution is 9.12. The third-order valence-electron chi connectivity index (χ3n) is 2.97. The van der Waals surface area contributed by atoms with E-state index in [0.29, 0.717) is 23.2 Å². The third kappa shape index (κ3) is 3.11. The Labute approximate surface area is 138 Å². The summed E-state index contributed by atoms with van der Waals surface area (Å²) in [6.45, 7) is 2.29. The van der Waals surface area contributed by atoms with Crippen LogP contribution in [0, 0.1) is 0 Å². The van der Waals surface area contributed by atoms with E-state index in [9.17, 15) is 13.2 Å². The quantitative estimate of drug-likeness (QED) is 0.667. The summed E-state index contributed by atoms with van der Waals surface area (Å²) < 4.78 is 32.8. The normalized spacial score (nSPS) is 20.2. The number of esters is 1. The van der Waals surface area contributed by atoms with Gasteiger partial charge in [0.1, 0.15) is 10.9 Å². The molecule has 1 aliphatic rings. The molecule has 9 heteroatoms. The predicted octanol–water partition coefficient (Wildman–Crippen LogP) is 2.99. The lowest BCUT2D eigenvalue weighted by atomic mass is 10.2. The van der Waals surface area contributed by atoms with Crippen molar-refractivity contribution in [1.82, 2.24) is 4.31 Å². The number of hydrogen-bond donors (Lipinski definition) is 0. The van der Waals surface area contributed by atoms with Crippen molar-refractivity contribution in [2.24, 2.45) is 0 Å². The summed E-state index contributed by atoms with van der Waals surface area (Å²) in [4.78, 5) is 12.1. The van der Waals surface area contributed by atoms with E-state index in [2.05, 4.69) is 31.9 Å². The number of thiophene rings is 1. The van der Waals surface area contributed by atoms with Gasteiger partial charge in [-0.2, -0.15) is 4.31 Å². The molecule has 5 nitrogen and oxygen atoms in total. The molecule has 20 heavy (non-hydrogen) atoms. The average Bonchev–Trinajstić information content (AvgIpc) is 2.96. The second kappa shape index (κ2) is 6.43. The summed E-state index contributed by atoms with van der Waals surface area (Å²) in [6, 6.07) is 0.829. The van der Waals surface area contributed by atoms with Gasteiger partial charge in [-0.05, 0) is 57.7 Å². The van der Waals surface area contributed by atoms with Gasteiger partial charge in [0.05, 0.1) is 14.2 Å². The molecule has 1 fully saturated rings. The van der Waals surface area contributed by atoms with Crippen molar-refractivity contribution in [3.8, 4) is 0 Å². The molecule has 0 aliphatic carbocycles. The molecule has 0 radical (unpaired) electrons. The average molecular weight is 447 g/mol. The van der Waals surface area contributed by atoms with Crippen LogP contribution in [0.2, 0.25) is 0 Å². The van der Waals surface area contributed by atoms with Gasteiger partial charge >= 0.3 is 5.97 Å². The lowest BCUT2D eigenvalue weighted by molar-refractivity contribution is -0.146. The number of ether oxygens (including phenoxy) is 1. The first kappa shape index (κ1) is 16.4. The first-order chi connectivity index (χ1) is 9.37. The van der Waals surface area contributed by atoms with Gasteiger partial charge in [0, 0.05) is 6.54 Å². The van der Waals surface area contributed by atoms with Crippen LogP contribution in [0.5, 0.6) is 0 Å². The minimum absolute atomic E-state index is 0.186. The van der Waals surface area contributed by atoms with E-state index in [1.807, 2.05) is 0 Å². The second-order valence-corrected chi connectivity index (χ2v) is 9.82. The molecule has 1 aromatic heterocycles. The van der Waals surface area contributed by atoms with E-state index in [-0.39, 0.29) is 11.5 Å². The highest BCUT2D eigenvalue weighted by Gasteiger charge is 2.41. The summed E-state index contributed by atoms with van der Waals surface area (Å²) in [6.07, 6.45) is 1.16. The number of carbonyl (C=O) groups is 1. The van der Waals surface area contributed by atoms with E-state index in [1.54, 1.807) is 13.0 Å². The molecule has 1 aliphatic heterocycles. The van der Waals surface area contributed by atoms with Crippen LogP contribution in [-0.4, -0.2) is 37.9 Å². The van der Waals surface area contributed by atoms with Crippen LogP contribution in [0.3, 0.4) is 0 Å². The summed E-state index contributed by atoms with van der Waals surface area (Å²) in [7, 11) is -3.70. The first-order valence-corrected chi connectivity index (χ1v) is 9.85. The molecule has 0 N–H and O–H groups in total. The fourth-order valence-corrected chi connectivity index (χ4v) is 7.54. The molecule has 2 rings (SSSR count). The minimum Gasteiger partial charge on any atom is -0.465 e.